The van der Waals surface area contributed by atoms with Crippen molar-refractivity contribution in [1.82, 2.24) is 4.98 Å². The lowest BCUT2D eigenvalue weighted by Gasteiger charge is -2.06. The molecule has 2 heterocycles. The zero-order valence-electron chi connectivity index (χ0n) is 10.6. The van der Waals surface area contributed by atoms with Gasteiger partial charge in [0.15, 0.2) is 5.13 Å². The molecule has 0 saturated carbocycles. The highest BCUT2D eigenvalue weighted by Crippen LogP contribution is 2.30. The zero-order chi connectivity index (χ0) is 13.9. The van der Waals surface area contributed by atoms with Gasteiger partial charge < -0.3 is 10.1 Å². The number of hydrogen-bond acceptors (Lipinski definition) is 4. The summed E-state index contributed by atoms with van der Waals surface area (Å²) in [5, 5.41) is 5.98. The van der Waals surface area contributed by atoms with Gasteiger partial charge in [-0.25, -0.2) is 4.98 Å². The van der Waals surface area contributed by atoms with Gasteiger partial charge in [0.1, 0.15) is 0 Å². The van der Waals surface area contributed by atoms with Crippen LogP contribution in [0.3, 0.4) is 0 Å². The van der Waals surface area contributed by atoms with Crippen LogP contribution in [0.5, 0.6) is 0 Å². The van der Waals surface area contributed by atoms with Gasteiger partial charge in [-0.2, -0.15) is 0 Å². The predicted octanol–water partition coefficient (Wildman–Crippen LogP) is 3.44. The molecule has 1 fully saturated rings. The highest BCUT2D eigenvalue weighted by atomic mass is 35.5. The van der Waals surface area contributed by atoms with E-state index in [1.165, 1.54) is 11.3 Å². The number of carbonyl (C=O) groups is 1. The van der Waals surface area contributed by atoms with Crippen LogP contribution >= 0.6 is 22.9 Å². The summed E-state index contributed by atoms with van der Waals surface area (Å²) < 4.78 is 5.21. The molecule has 1 amide bonds. The molecule has 4 nitrogen and oxygen atoms in total. The number of nitrogens with zero attached hydrogens (tertiary/aromatic N) is 1. The summed E-state index contributed by atoms with van der Waals surface area (Å²) in [6.07, 6.45) is 0.772. The highest BCUT2D eigenvalue weighted by molar-refractivity contribution is 7.14. The molecule has 0 radical (unpaired) electrons. The molecule has 0 aliphatic carbocycles. The lowest BCUT2D eigenvalue weighted by Crippen LogP contribution is -2.22. The van der Waals surface area contributed by atoms with Crippen LogP contribution in [0.2, 0.25) is 5.02 Å². The van der Waals surface area contributed by atoms with Crippen LogP contribution in [-0.2, 0) is 9.53 Å². The third kappa shape index (κ3) is 2.85. The van der Waals surface area contributed by atoms with Crippen molar-refractivity contribution in [3.8, 4) is 11.3 Å². The van der Waals surface area contributed by atoms with E-state index in [1.54, 1.807) is 0 Å². The van der Waals surface area contributed by atoms with Crippen molar-refractivity contribution in [3.05, 3.63) is 34.7 Å². The Balaban J connectivity index is 1.74. The summed E-state index contributed by atoms with van der Waals surface area (Å²) in [4.78, 5) is 16.4. The summed E-state index contributed by atoms with van der Waals surface area (Å²) in [6, 6.07) is 7.52. The fourth-order valence-electron chi connectivity index (χ4n) is 2.07. The molecule has 20 heavy (non-hydrogen) atoms. The quantitative estimate of drug-likeness (QED) is 0.945. The zero-order valence-corrected chi connectivity index (χ0v) is 12.2. The fraction of sp³-hybridized carbons (Fsp3) is 0.286. The van der Waals surface area contributed by atoms with Crippen LogP contribution in [-0.4, -0.2) is 24.1 Å². The van der Waals surface area contributed by atoms with E-state index >= 15 is 0 Å². The normalized spacial score (nSPS) is 18.1. The standard InChI is InChI=1S/C14H13ClN2O2S/c15-11-4-2-1-3-10(11)12-8-20-14(16-12)17-13(18)9-5-6-19-7-9/h1-4,8-9H,5-7H2,(H,16,17,18). The minimum absolute atomic E-state index is 0.0254. The van der Waals surface area contributed by atoms with E-state index in [0.717, 1.165) is 17.7 Å². The van der Waals surface area contributed by atoms with E-state index in [9.17, 15) is 4.79 Å². The molecule has 6 heteroatoms. The molecule has 1 aliphatic heterocycles. The molecule has 1 atom stereocenters. The van der Waals surface area contributed by atoms with Crippen LogP contribution in [0, 0.1) is 5.92 Å². The van der Waals surface area contributed by atoms with Gasteiger partial charge >= 0.3 is 0 Å². The molecular weight excluding hydrogens is 296 g/mol. The second-order valence-electron chi connectivity index (χ2n) is 4.57. The molecule has 1 unspecified atom stereocenters. The smallest absolute Gasteiger partial charge is 0.231 e. The van der Waals surface area contributed by atoms with Gasteiger partial charge in [0, 0.05) is 22.6 Å². The first-order valence-corrected chi connectivity index (χ1v) is 7.59. The van der Waals surface area contributed by atoms with E-state index < -0.39 is 0 Å². The Morgan fingerprint density at radius 3 is 3.05 bits per heavy atom. The van der Waals surface area contributed by atoms with Crippen molar-refractivity contribution < 1.29 is 9.53 Å². The third-order valence-corrected chi connectivity index (χ3v) is 4.27. The van der Waals surface area contributed by atoms with Gasteiger partial charge in [-0.05, 0) is 12.5 Å². The molecule has 104 valence electrons. The molecule has 1 N–H and O–H groups in total. The van der Waals surface area contributed by atoms with Gasteiger partial charge in [0.2, 0.25) is 5.91 Å². The largest absolute Gasteiger partial charge is 0.381 e. The number of anilines is 1. The number of halogens is 1. The molecule has 1 saturated heterocycles. The predicted molar refractivity (Wildman–Crippen MR) is 80.1 cm³/mol. The second kappa shape index (κ2) is 5.91. The Morgan fingerprint density at radius 1 is 1.45 bits per heavy atom. The minimum atomic E-state index is -0.0670. The van der Waals surface area contributed by atoms with E-state index in [-0.39, 0.29) is 11.8 Å². The van der Waals surface area contributed by atoms with Crippen molar-refractivity contribution in [2.24, 2.45) is 5.92 Å². The number of aromatic nitrogens is 1. The van der Waals surface area contributed by atoms with Crippen LogP contribution in [0.15, 0.2) is 29.6 Å². The minimum Gasteiger partial charge on any atom is -0.381 e. The van der Waals surface area contributed by atoms with Crippen LogP contribution < -0.4 is 5.32 Å². The lowest BCUT2D eigenvalue weighted by molar-refractivity contribution is -0.119. The number of hydrogen-bond donors (Lipinski definition) is 1. The number of carbonyl (C=O) groups excluding carboxylic acids is 1. The lowest BCUT2D eigenvalue weighted by atomic mass is 10.1. The SMILES string of the molecule is O=C(Nc1nc(-c2ccccc2Cl)cs1)C1CCOC1. The Kier molecular flexibility index (Phi) is 4.00. The number of amides is 1. The van der Waals surface area contributed by atoms with Crippen LogP contribution in [0.4, 0.5) is 5.13 Å². The number of rotatable bonds is 3. The van der Waals surface area contributed by atoms with Gasteiger partial charge in [-0.1, -0.05) is 29.8 Å². The second-order valence-corrected chi connectivity index (χ2v) is 5.83. The molecule has 1 aromatic carbocycles. The summed E-state index contributed by atoms with van der Waals surface area (Å²) in [7, 11) is 0. The van der Waals surface area contributed by atoms with Crippen molar-refractivity contribution in [1.29, 1.82) is 0 Å². The Bertz CT molecular complexity index is 623. The molecule has 1 aliphatic rings. The molecule has 3 rings (SSSR count). The van der Waals surface area contributed by atoms with Crippen molar-refractivity contribution in [3.63, 3.8) is 0 Å². The summed E-state index contributed by atoms with van der Waals surface area (Å²) in [6.45, 7) is 1.15. The summed E-state index contributed by atoms with van der Waals surface area (Å²) >= 11 is 7.54. The Morgan fingerprint density at radius 2 is 2.30 bits per heavy atom. The van der Waals surface area contributed by atoms with Crippen LogP contribution in [0.25, 0.3) is 11.3 Å². The first-order chi connectivity index (χ1) is 9.74. The van der Waals surface area contributed by atoms with Crippen molar-refractivity contribution in [2.45, 2.75) is 6.42 Å². The molecule has 0 bridgehead atoms. The topological polar surface area (TPSA) is 51.2 Å². The Hall–Kier alpha value is -1.43. The maximum Gasteiger partial charge on any atom is 0.231 e. The van der Waals surface area contributed by atoms with Crippen LogP contribution in [0.1, 0.15) is 6.42 Å². The maximum atomic E-state index is 12.0. The molecule has 2 aromatic rings. The monoisotopic (exact) mass is 308 g/mol. The van der Waals surface area contributed by atoms with E-state index in [0.29, 0.717) is 23.4 Å². The molecule has 0 spiro atoms. The van der Waals surface area contributed by atoms with Crippen molar-refractivity contribution in [2.75, 3.05) is 18.5 Å². The van der Waals surface area contributed by atoms with Gasteiger partial charge in [0.25, 0.3) is 0 Å². The van der Waals surface area contributed by atoms with E-state index in [1.807, 2.05) is 29.6 Å². The number of ether oxygens (including phenoxy) is 1. The average molecular weight is 309 g/mol. The Labute approximate surface area is 125 Å². The molecule has 1 aromatic heterocycles. The van der Waals surface area contributed by atoms with Crippen molar-refractivity contribution >= 4 is 34.0 Å². The van der Waals surface area contributed by atoms with Gasteiger partial charge in [-0.3, -0.25) is 4.79 Å². The number of thiazole rings is 1. The maximum absolute atomic E-state index is 12.0. The summed E-state index contributed by atoms with van der Waals surface area (Å²) in [5.41, 5.74) is 1.65. The summed E-state index contributed by atoms with van der Waals surface area (Å²) in [5.74, 6) is -0.0924. The van der Waals surface area contributed by atoms with Gasteiger partial charge in [0.05, 0.1) is 18.2 Å². The first-order valence-electron chi connectivity index (χ1n) is 6.33. The van der Waals surface area contributed by atoms with Gasteiger partial charge in [-0.15, -0.1) is 11.3 Å². The first kappa shape index (κ1) is 13.5. The third-order valence-electron chi connectivity index (χ3n) is 3.18. The van der Waals surface area contributed by atoms with E-state index in [4.69, 9.17) is 16.3 Å². The molecular formula is C14H13ClN2O2S. The number of benzene rings is 1. The highest BCUT2D eigenvalue weighted by Gasteiger charge is 2.24. The number of nitrogens with one attached hydrogen (secondary N) is 1. The average Bonchev–Trinajstić information content (AvgIpc) is 3.10. The fourth-order valence-corrected chi connectivity index (χ4v) is 3.02. The van der Waals surface area contributed by atoms with E-state index in [2.05, 4.69) is 10.3 Å².